The largest absolute Gasteiger partial charge is 0.324 e. The summed E-state index contributed by atoms with van der Waals surface area (Å²) >= 11 is 0. The fourth-order valence-electron chi connectivity index (χ4n) is 7.73. The monoisotopic (exact) mass is 655 g/mol. The topological polar surface area (TPSA) is 46.6 Å². The number of nitrogens with zero attached hydrogens (tertiary/aromatic N) is 4. The molecule has 5 heteroatoms. The van der Waals surface area contributed by atoms with Gasteiger partial charge in [0, 0.05) is 49.6 Å². The quantitative estimate of drug-likeness (QED) is 0.197. The molecule has 0 aliphatic carbocycles. The van der Waals surface area contributed by atoms with Crippen LogP contribution in [0.2, 0.25) is 0 Å². The van der Waals surface area contributed by atoms with Crippen molar-refractivity contribution >= 4 is 55.3 Å². The number of hydrogen-bond acceptors (Lipinski definition) is 3. The van der Waals surface area contributed by atoms with Crippen molar-refractivity contribution in [2.75, 3.05) is 0 Å². The molecule has 242 valence electrons. The SMILES string of the molecule is CC1(c2cccc(-n3c4ccccc4c4cc5c(cc43)c3ccccc3n5-c3ccccc3)c2)N=C(c2ccccc2)NC(c2ccccc2)=N1. The molecule has 0 fully saturated rings. The van der Waals surface area contributed by atoms with E-state index < -0.39 is 5.66 Å². The zero-order valence-electron chi connectivity index (χ0n) is 28.0. The van der Waals surface area contributed by atoms with Crippen LogP contribution in [0.1, 0.15) is 23.6 Å². The standard InChI is InChI=1S/C46H33N5/c1-46(48-44(31-16-5-2-6-17-31)47-45(49-46)32-18-7-3-8-19-32)33-20-15-23-35(28-33)51-41-27-14-12-25-37(41)39-29-42-38(30-43(39)51)36-24-11-13-26-40(36)50(42)34-21-9-4-10-22-34/h2-30H,1H3,(H,47,48,49). The molecule has 2 aromatic heterocycles. The highest BCUT2D eigenvalue weighted by Gasteiger charge is 2.32. The van der Waals surface area contributed by atoms with Crippen LogP contribution >= 0.6 is 0 Å². The lowest BCUT2D eigenvalue weighted by atomic mass is 9.99. The van der Waals surface area contributed by atoms with Gasteiger partial charge >= 0.3 is 0 Å². The molecule has 1 aliphatic rings. The molecule has 10 rings (SSSR count). The first-order valence-electron chi connectivity index (χ1n) is 17.3. The maximum atomic E-state index is 5.29. The van der Waals surface area contributed by atoms with Crippen LogP contribution in [-0.4, -0.2) is 20.8 Å². The highest BCUT2D eigenvalue weighted by atomic mass is 15.2. The van der Waals surface area contributed by atoms with Gasteiger partial charge in [-0.3, -0.25) is 0 Å². The minimum absolute atomic E-state index is 0.798. The van der Waals surface area contributed by atoms with Crippen LogP contribution in [0, 0.1) is 0 Å². The van der Waals surface area contributed by atoms with Gasteiger partial charge in [-0.1, -0.05) is 127 Å². The lowest BCUT2D eigenvalue weighted by Gasteiger charge is -2.30. The van der Waals surface area contributed by atoms with Gasteiger partial charge in [-0.2, -0.15) is 0 Å². The zero-order valence-corrected chi connectivity index (χ0v) is 28.0. The second kappa shape index (κ2) is 11.4. The summed E-state index contributed by atoms with van der Waals surface area (Å²) in [5.41, 5.74) is 9.11. The van der Waals surface area contributed by atoms with Crippen molar-refractivity contribution in [3.8, 4) is 11.4 Å². The lowest BCUT2D eigenvalue weighted by molar-refractivity contribution is 0.518. The van der Waals surface area contributed by atoms with E-state index in [4.69, 9.17) is 9.98 Å². The van der Waals surface area contributed by atoms with Crippen LogP contribution in [0.25, 0.3) is 55.0 Å². The average molecular weight is 656 g/mol. The van der Waals surface area contributed by atoms with Crippen molar-refractivity contribution in [3.63, 3.8) is 0 Å². The maximum Gasteiger partial charge on any atom is 0.177 e. The highest BCUT2D eigenvalue weighted by molar-refractivity contribution is 6.19. The molecule has 0 bridgehead atoms. The molecule has 7 aromatic carbocycles. The predicted octanol–water partition coefficient (Wildman–Crippen LogP) is 10.6. The molecule has 0 spiro atoms. The van der Waals surface area contributed by atoms with E-state index >= 15 is 0 Å². The number of amidine groups is 2. The molecule has 0 atom stereocenters. The van der Waals surface area contributed by atoms with Gasteiger partial charge in [0.15, 0.2) is 5.66 Å². The molecule has 51 heavy (non-hydrogen) atoms. The minimum atomic E-state index is -0.868. The van der Waals surface area contributed by atoms with E-state index in [9.17, 15) is 0 Å². The van der Waals surface area contributed by atoms with Crippen molar-refractivity contribution in [2.24, 2.45) is 9.98 Å². The first-order chi connectivity index (χ1) is 25.1. The van der Waals surface area contributed by atoms with Crippen LogP contribution in [0.5, 0.6) is 0 Å². The number of para-hydroxylation sites is 3. The molecule has 9 aromatic rings. The van der Waals surface area contributed by atoms with Gasteiger partial charge in [0.2, 0.25) is 0 Å². The van der Waals surface area contributed by atoms with E-state index in [-0.39, 0.29) is 0 Å². The van der Waals surface area contributed by atoms with E-state index in [0.29, 0.717) is 0 Å². The molecule has 0 saturated carbocycles. The molecule has 0 radical (unpaired) electrons. The third kappa shape index (κ3) is 4.70. The van der Waals surface area contributed by atoms with Gasteiger partial charge in [0.25, 0.3) is 0 Å². The van der Waals surface area contributed by atoms with E-state index in [2.05, 4.69) is 161 Å². The number of aromatic nitrogens is 2. The number of aliphatic imine (C=N–C) groups is 2. The molecule has 0 unspecified atom stereocenters. The van der Waals surface area contributed by atoms with Gasteiger partial charge in [0.05, 0.1) is 22.1 Å². The number of nitrogens with one attached hydrogen (secondary N) is 1. The van der Waals surface area contributed by atoms with Crippen LogP contribution in [0.4, 0.5) is 0 Å². The van der Waals surface area contributed by atoms with Gasteiger partial charge in [-0.15, -0.1) is 0 Å². The zero-order chi connectivity index (χ0) is 33.9. The van der Waals surface area contributed by atoms with Crippen molar-refractivity contribution in [2.45, 2.75) is 12.6 Å². The van der Waals surface area contributed by atoms with Crippen LogP contribution < -0.4 is 5.32 Å². The summed E-state index contributed by atoms with van der Waals surface area (Å²) in [4.78, 5) is 10.6. The predicted molar refractivity (Wildman–Crippen MR) is 212 cm³/mol. The number of hydrogen-bond donors (Lipinski definition) is 1. The molecule has 1 N–H and O–H groups in total. The molecule has 1 aliphatic heterocycles. The molecular formula is C46H33N5. The van der Waals surface area contributed by atoms with Crippen LogP contribution in [0.15, 0.2) is 186 Å². The summed E-state index contributed by atoms with van der Waals surface area (Å²) in [7, 11) is 0. The fourth-order valence-corrected chi connectivity index (χ4v) is 7.73. The third-order valence-electron chi connectivity index (χ3n) is 10.1. The summed E-state index contributed by atoms with van der Waals surface area (Å²) < 4.78 is 4.79. The summed E-state index contributed by atoms with van der Waals surface area (Å²) in [6.07, 6.45) is 0. The second-order valence-electron chi connectivity index (χ2n) is 13.3. The fraction of sp³-hybridized carbons (Fsp3) is 0.0435. The Labute approximate surface area is 295 Å². The molecule has 0 saturated heterocycles. The van der Waals surface area contributed by atoms with E-state index in [1.54, 1.807) is 0 Å². The van der Waals surface area contributed by atoms with Gasteiger partial charge in [-0.05, 0) is 55.5 Å². The summed E-state index contributed by atoms with van der Waals surface area (Å²) in [6, 6.07) is 62.2. The highest BCUT2D eigenvalue weighted by Crippen LogP contribution is 2.40. The Morgan fingerprint density at radius 2 is 0.863 bits per heavy atom. The normalized spacial score (nSPS) is 14.1. The minimum Gasteiger partial charge on any atom is -0.324 e. The average Bonchev–Trinajstić information content (AvgIpc) is 3.70. The van der Waals surface area contributed by atoms with Crippen molar-refractivity contribution in [3.05, 3.63) is 193 Å². The van der Waals surface area contributed by atoms with E-state index in [1.165, 1.54) is 32.6 Å². The maximum absolute atomic E-state index is 5.29. The second-order valence-corrected chi connectivity index (χ2v) is 13.3. The Morgan fingerprint density at radius 1 is 0.412 bits per heavy atom. The number of rotatable bonds is 5. The Hall–Kier alpha value is -6.72. The lowest BCUT2D eigenvalue weighted by Crippen LogP contribution is -2.40. The summed E-state index contributed by atoms with van der Waals surface area (Å²) in [5.74, 6) is 1.60. The van der Waals surface area contributed by atoms with E-state index in [1.807, 2.05) is 36.4 Å². The Kier molecular flexibility index (Phi) is 6.55. The summed E-state index contributed by atoms with van der Waals surface area (Å²) in [5, 5.41) is 8.42. The van der Waals surface area contributed by atoms with Gasteiger partial charge < -0.3 is 14.5 Å². The smallest absolute Gasteiger partial charge is 0.177 e. The Balaban J connectivity index is 1.20. The van der Waals surface area contributed by atoms with Crippen LogP contribution in [-0.2, 0) is 5.66 Å². The first-order valence-corrected chi connectivity index (χ1v) is 17.3. The van der Waals surface area contributed by atoms with Crippen molar-refractivity contribution in [1.82, 2.24) is 14.5 Å². The molecule has 0 amide bonds. The third-order valence-corrected chi connectivity index (χ3v) is 10.1. The Bertz CT molecular complexity index is 2770. The van der Waals surface area contributed by atoms with E-state index in [0.717, 1.165) is 50.8 Å². The number of fused-ring (bicyclic) bond motifs is 6. The van der Waals surface area contributed by atoms with Crippen LogP contribution in [0.3, 0.4) is 0 Å². The summed E-state index contributed by atoms with van der Waals surface area (Å²) in [6.45, 7) is 2.10. The van der Waals surface area contributed by atoms with Crippen molar-refractivity contribution < 1.29 is 0 Å². The van der Waals surface area contributed by atoms with Crippen molar-refractivity contribution in [1.29, 1.82) is 0 Å². The molecular weight excluding hydrogens is 623 g/mol. The molecule has 3 heterocycles. The first kappa shape index (κ1) is 29.2. The van der Waals surface area contributed by atoms with Gasteiger partial charge in [-0.25, -0.2) is 9.98 Å². The van der Waals surface area contributed by atoms with Gasteiger partial charge in [0.1, 0.15) is 11.7 Å². The number of benzene rings is 7. The molecule has 5 nitrogen and oxygen atoms in total. The Morgan fingerprint density at radius 3 is 1.41 bits per heavy atom.